The summed E-state index contributed by atoms with van der Waals surface area (Å²) in [6.45, 7) is 0. The number of carboxylic acids is 1. The van der Waals surface area contributed by atoms with Crippen LogP contribution in [0.15, 0.2) is 30.3 Å². The van der Waals surface area contributed by atoms with Gasteiger partial charge in [-0.05, 0) is 6.07 Å². The number of Topliss-reactive ketones (excluding diaryl/α,β-unsaturated/α-hetero) is 1. The maximum atomic E-state index is 12.9. The van der Waals surface area contributed by atoms with Crippen molar-refractivity contribution < 1.29 is 58.8 Å². The van der Waals surface area contributed by atoms with Crippen molar-refractivity contribution in [2.45, 2.75) is 43.2 Å². The van der Waals surface area contributed by atoms with E-state index in [2.05, 4.69) is 0 Å². The number of ether oxygens (including phenoxy) is 5. The SMILES string of the molecule is COc1ccccc1C1CC(=O)c2c(O)cc(O[C@@H]3O[C@H](C(=O)O)[C@@H](O)[C@H](O)[C@H]3O)c(OC)c2O1. The van der Waals surface area contributed by atoms with Gasteiger partial charge in [0.15, 0.2) is 23.4 Å². The van der Waals surface area contributed by atoms with Crippen LogP contribution in [0, 0.1) is 0 Å². The highest BCUT2D eigenvalue weighted by Crippen LogP contribution is 2.51. The Balaban J connectivity index is 1.72. The van der Waals surface area contributed by atoms with Gasteiger partial charge >= 0.3 is 5.97 Å². The van der Waals surface area contributed by atoms with Gasteiger partial charge in [0.1, 0.15) is 41.5 Å². The fourth-order valence-electron chi connectivity index (χ4n) is 4.10. The van der Waals surface area contributed by atoms with Gasteiger partial charge < -0.3 is 49.2 Å². The third kappa shape index (κ3) is 4.32. The van der Waals surface area contributed by atoms with Gasteiger partial charge in [-0.3, -0.25) is 4.79 Å². The lowest BCUT2D eigenvalue weighted by atomic mass is 9.94. The third-order valence-corrected chi connectivity index (χ3v) is 5.84. The summed E-state index contributed by atoms with van der Waals surface area (Å²) in [6, 6.07) is 7.94. The van der Waals surface area contributed by atoms with Crippen molar-refractivity contribution in [1.29, 1.82) is 0 Å². The quantitative estimate of drug-likeness (QED) is 0.375. The van der Waals surface area contributed by atoms with Gasteiger partial charge in [-0.2, -0.15) is 0 Å². The number of aliphatic carboxylic acids is 1. The number of para-hydroxylation sites is 1. The van der Waals surface area contributed by atoms with Gasteiger partial charge in [-0.1, -0.05) is 18.2 Å². The first-order valence-electron chi connectivity index (χ1n) is 10.5. The molecule has 0 saturated carbocycles. The Labute approximate surface area is 198 Å². The molecule has 0 aliphatic carbocycles. The van der Waals surface area contributed by atoms with E-state index in [1.165, 1.54) is 14.2 Å². The standard InChI is InChI=1S/C23H24O12/c1-31-12-6-4-3-5-9(12)13-7-10(24)15-11(25)8-14(19(32-2)20(15)33-13)34-23-18(28)16(26)17(27)21(35-23)22(29)30/h3-6,8,13,16-18,21,23,25-28H,7H2,1-2H3,(H,29,30)/t13?,16-,17-,18+,21-,23+/m0/s1. The Kier molecular flexibility index (Phi) is 6.72. The van der Waals surface area contributed by atoms with Crippen molar-refractivity contribution in [1.82, 2.24) is 0 Å². The van der Waals surface area contributed by atoms with Gasteiger partial charge in [0.05, 0.1) is 20.6 Å². The van der Waals surface area contributed by atoms with E-state index in [0.29, 0.717) is 11.3 Å². The topological polar surface area (TPSA) is 181 Å². The predicted octanol–water partition coefficient (Wildman–Crippen LogP) is 0.387. The lowest BCUT2D eigenvalue weighted by Gasteiger charge is -2.38. The number of aromatic hydroxyl groups is 1. The maximum absolute atomic E-state index is 12.9. The molecule has 35 heavy (non-hydrogen) atoms. The Morgan fingerprint density at radius 3 is 2.40 bits per heavy atom. The molecule has 2 aliphatic rings. The van der Waals surface area contributed by atoms with Crippen LogP contribution in [0.3, 0.4) is 0 Å². The Morgan fingerprint density at radius 2 is 1.74 bits per heavy atom. The molecule has 12 nitrogen and oxygen atoms in total. The third-order valence-electron chi connectivity index (χ3n) is 5.84. The number of phenols is 1. The monoisotopic (exact) mass is 492 g/mol. The molecule has 0 radical (unpaired) electrons. The number of methoxy groups -OCH3 is 2. The second-order valence-electron chi connectivity index (χ2n) is 7.96. The number of rotatable bonds is 6. The van der Waals surface area contributed by atoms with Gasteiger partial charge in [-0.15, -0.1) is 0 Å². The molecule has 5 N–H and O–H groups in total. The van der Waals surface area contributed by atoms with Crippen LogP contribution in [0.25, 0.3) is 0 Å². The minimum Gasteiger partial charge on any atom is -0.507 e. The second-order valence-corrected chi connectivity index (χ2v) is 7.96. The number of aliphatic hydroxyl groups excluding tert-OH is 3. The van der Waals surface area contributed by atoms with Gasteiger partial charge in [-0.25, -0.2) is 4.79 Å². The van der Waals surface area contributed by atoms with E-state index < -0.39 is 54.3 Å². The van der Waals surface area contributed by atoms with Crippen molar-refractivity contribution in [2.24, 2.45) is 0 Å². The second kappa shape index (κ2) is 9.58. The van der Waals surface area contributed by atoms with Gasteiger partial charge in [0.25, 0.3) is 0 Å². The number of ketones is 1. The summed E-state index contributed by atoms with van der Waals surface area (Å²) in [5, 5.41) is 50.0. The molecule has 0 spiro atoms. The average Bonchev–Trinajstić information content (AvgIpc) is 2.83. The van der Waals surface area contributed by atoms with Crippen molar-refractivity contribution in [3.8, 4) is 28.7 Å². The number of carboxylic acid groups (broad SMARTS) is 1. The molecular weight excluding hydrogens is 468 g/mol. The first-order valence-corrected chi connectivity index (χ1v) is 10.5. The highest BCUT2D eigenvalue weighted by Gasteiger charge is 2.48. The van der Waals surface area contributed by atoms with Crippen molar-refractivity contribution in [3.63, 3.8) is 0 Å². The van der Waals surface area contributed by atoms with E-state index in [-0.39, 0.29) is 29.2 Å². The summed E-state index contributed by atoms with van der Waals surface area (Å²) < 4.78 is 27.4. The summed E-state index contributed by atoms with van der Waals surface area (Å²) in [7, 11) is 2.72. The number of fused-ring (bicyclic) bond motifs is 1. The number of benzene rings is 2. The van der Waals surface area contributed by atoms with Crippen LogP contribution in [-0.4, -0.2) is 82.2 Å². The summed E-state index contributed by atoms with van der Waals surface area (Å²) in [6.07, 6.45) is -10.2. The van der Waals surface area contributed by atoms with Crippen LogP contribution in [0.4, 0.5) is 0 Å². The van der Waals surface area contributed by atoms with Crippen molar-refractivity contribution in [3.05, 3.63) is 41.5 Å². The molecule has 2 heterocycles. The number of carbonyl (C=O) groups excluding carboxylic acids is 1. The largest absolute Gasteiger partial charge is 0.507 e. The van der Waals surface area contributed by atoms with E-state index in [1.54, 1.807) is 24.3 Å². The number of hydrogen-bond donors (Lipinski definition) is 5. The van der Waals surface area contributed by atoms with Crippen LogP contribution in [0.5, 0.6) is 28.7 Å². The van der Waals surface area contributed by atoms with Crippen LogP contribution in [0.2, 0.25) is 0 Å². The molecule has 188 valence electrons. The highest BCUT2D eigenvalue weighted by atomic mass is 16.7. The zero-order valence-corrected chi connectivity index (χ0v) is 18.7. The Bertz CT molecular complexity index is 1130. The highest BCUT2D eigenvalue weighted by molar-refractivity contribution is 6.04. The van der Waals surface area contributed by atoms with Crippen molar-refractivity contribution in [2.75, 3.05) is 14.2 Å². The minimum absolute atomic E-state index is 0.0981. The lowest BCUT2D eigenvalue weighted by Crippen LogP contribution is -2.61. The fraction of sp³-hybridized carbons (Fsp3) is 0.391. The van der Waals surface area contributed by atoms with E-state index >= 15 is 0 Å². The zero-order valence-electron chi connectivity index (χ0n) is 18.7. The molecule has 1 unspecified atom stereocenters. The molecule has 2 aromatic rings. The fourth-order valence-corrected chi connectivity index (χ4v) is 4.10. The number of aliphatic hydroxyl groups is 3. The van der Waals surface area contributed by atoms with Crippen LogP contribution >= 0.6 is 0 Å². The number of hydrogen-bond acceptors (Lipinski definition) is 11. The maximum Gasteiger partial charge on any atom is 0.335 e. The summed E-state index contributed by atoms with van der Waals surface area (Å²) in [4.78, 5) is 24.3. The summed E-state index contributed by atoms with van der Waals surface area (Å²) in [5.41, 5.74) is 0.429. The van der Waals surface area contributed by atoms with Crippen LogP contribution < -0.4 is 18.9 Å². The average molecular weight is 492 g/mol. The smallest absolute Gasteiger partial charge is 0.335 e. The molecule has 2 aromatic carbocycles. The summed E-state index contributed by atoms with van der Waals surface area (Å²) >= 11 is 0. The molecule has 12 heteroatoms. The lowest BCUT2D eigenvalue weighted by molar-refractivity contribution is -0.271. The number of carbonyl (C=O) groups is 2. The summed E-state index contributed by atoms with van der Waals surface area (Å²) in [5.74, 6) is -2.62. The number of phenolic OH excluding ortho intramolecular Hbond substituents is 1. The first-order chi connectivity index (χ1) is 16.7. The van der Waals surface area contributed by atoms with Crippen LogP contribution in [-0.2, 0) is 9.53 Å². The zero-order chi connectivity index (χ0) is 25.4. The normalized spacial score (nSPS) is 28.0. The molecule has 6 atom stereocenters. The molecule has 1 saturated heterocycles. The Hall–Kier alpha value is -3.58. The van der Waals surface area contributed by atoms with Crippen molar-refractivity contribution >= 4 is 11.8 Å². The predicted molar refractivity (Wildman–Crippen MR) is 115 cm³/mol. The first kappa shape index (κ1) is 24.5. The van der Waals surface area contributed by atoms with E-state index in [4.69, 9.17) is 23.7 Å². The van der Waals surface area contributed by atoms with Gasteiger partial charge in [0.2, 0.25) is 12.0 Å². The van der Waals surface area contributed by atoms with E-state index in [0.717, 1.165) is 6.07 Å². The molecule has 4 rings (SSSR count). The Morgan fingerprint density at radius 1 is 1.03 bits per heavy atom. The van der Waals surface area contributed by atoms with E-state index in [1.807, 2.05) is 0 Å². The van der Waals surface area contributed by atoms with E-state index in [9.17, 15) is 35.1 Å². The molecule has 2 aliphatic heterocycles. The molecular formula is C23H24O12. The van der Waals surface area contributed by atoms with Crippen LogP contribution in [0.1, 0.15) is 28.4 Å². The molecule has 0 amide bonds. The molecule has 0 aromatic heterocycles. The van der Waals surface area contributed by atoms with Gasteiger partial charge in [0, 0.05) is 11.6 Å². The minimum atomic E-state index is -1.91. The molecule has 1 fully saturated rings. The molecule has 0 bridgehead atoms.